The van der Waals surface area contributed by atoms with Crippen LogP contribution in [0.5, 0.6) is 5.75 Å². The minimum absolute atomic E-state index is 0.114. The Bertz CT molecular complexity index is 975. The molecule has 0 aromatic heterocycles. The van der Waals surface area contributed by atoms with Crippen molar-refractivity contribution in [2.45, 2.75) is 12.8 Å². The van der Waals surface area contributed by atoms with Gasteiger partial charge in [-0.1, -0.05) is 17.7 Å². The van der Waals surface area contributed by atoms with E-state index in [0.717, 1.165) is 4.90 Å². The average Bonchev–Trinajstić information content (AvgIpc) is 3.04. The molecule has 150 valence electrons. The van der Waals surface area contributed by atoms with Crippen LogP contribution >= 0.6 is 11.6 Å². The van der Waals surface area contributed by atoms with E-state index >= 15 is 0 Å². The van der Waals surface area contributed by atoms with Crippen LogP contribution in [0.4, 0.5) is 11.4 Å². The number of imide groups is 1. The summed E-state index contributed by atoms with van der Waals surface area (Å²) in [6.45, 7) is -0.541. The molecule has 1 fully saturated rings. The Morgan fingerprint density at radius 1 is 1.10 bits per heavy atom. The fraction of sp³-hybridized carbons (Fsp3) is 0.200. The standard InChI is InChI=1S/C20H17ClN2O6/c1-28-16-6-5-13(21)10-15(16)22-17(24)11-29-20(27)12-3-2-4-14(9-12)23-18(25)7-8-19(23)26/h2-6,9-10H,7-8,11H2,1H3,(H,22,24). The van der Waals surface area contributed by atoms with Gasteiger partial charge in [-0.25, -0.2) is 4.79 Å². The highest BCUT2D eigenvalue weighted by Gasteiger charge is 2.30. The highest BCUT2D eigenvalue weighted by molar-refractivity contribution is 6.31. The lowest BCUT2D eigenvalue weighted by Crippen LogP contribution is -2.28. The Morgan fingerprint density at radius 2 is 1.83 bits per heavy atom. The molecule has 0 aliphatic carbocycles. The van der Waals surface area contributed by atoms with Crippen LogP contribution in [0.2, 0.25) is 5.02 Å². The van der Waals surface area contributed by atoms with E-state index in [1.807, 2.05) is 0 Å². The summed E-state index contributed by atoms with van der Waals surface area (Å²) < 4.78 is 10.2. The Labute approximate surface area is 171 Å². The van der Waals surface area contributed by atoms with Crippen molar-refractivity contribution < 1.29 is 28.7 Å². The number of carbonyl (C=O) groups is 4. The number of halogens is 1. The van der Waals surface area contributed by atoms with Gasteiger partial charge in [0.2, 0.25) is 11.8 Å². The summed E-state index contributed by atoms with van der Waals surface area (Å²) in [5.74, 6) is -1.59. The van der Waals surface area contributed by atoms with E-state index in [9.17, 15) is 19.2 Å². The molecule has 8 nitrogen and oxygen atoms in total. The van der Waals surface area contributed by atoms with Crippen molar-refractivity contribution in [1.29, 1.82) is 0 Å². The summed E-state index contributed by atoms with van der Waals surface area (Å²) in [5, 5.41) is 2.96. The first kappa shape index (κ1) is 20.3. The van der Waals surface area contributed by atoms with Crippen molar-refractivity contribution in [1.82, 2.24) is 0 Å². The van der Waals surface area contributed by atoms with Gasteiger partial charge in [0, 0.05) is 17.9 Å². The smallest absolute Gasteiger partial charge is 0.338 e. The van der Waals surface area contributed by atoms with Crippen molar-refractivity contribution in [3.63, 3.8) is 0 Å². The van der Waals surface area contributed by atoms with Crippen LogP contribution in [0.15, 0.2) is 42.5 Å². The first-order valence-electron chi connectivity index (χ1n) is 8.65. The summed E-state index contributed by atoms with van der Waals surface area (Å²) in [4.78, 5) is 49.1. The maximum atomic E-state index is 12.3. The second-order valence-corrected chi connectivity index (χ2v) is 6.58. The van der Waals surface area contributed by atoms with Gasteiger partial charge in [0.1, 0.15) is 5.75 Å². The number of nitrogens with zero attached hydrogens (tertiary/aromatic N) is 1. The maximum Gasteiger partial charge on any atom is 0.338 e. The van der Waals surface area contributed by atoms with Gasteiger partial charge in [0.25, 0.3) is 5.91 Å². The van der Waals surface area contributed by atoms with E-state index < -0.39 is 18.5 Å². The number of esters is 1. The molecular weight excluding hydrogens is 400 g/mol. The molecule has 2 aromatic rings. The first-order chi connectivity index (χ1) is 13.9. The highest BCUT2D eigenvalue weighted by Crippen LogP contribution is 2.27. The normalized spacial score (nSPS) is 13.4. The average molecular weight is 417 g/mol. The van der Waals surface area contributed by atoms with Crippen LogP contribution in [0.3, 0.4) is 0 Å². The fourth-order valence-corrected chi connectivity index (χ4v) is 2.99. The number of methoxy groups -OCH3 is 1. The molecular formula is C20H17ClN2O6. The molecule has 29 heavy (non-hydrogen) atoms. The molecule has 1 heterocycles. The van der Waals surface area contributed by atoms with E-state index in [2.05, 4.69) is 5.32 Å². The summed E-state index contributed by atoms with van der Waals surface area (Å²) >= 11 is 5.91. The molecule has 0 atom stereocenters. The molecule has 0 spiro atoms. The summed E-state index contributed by atoms with van der Waals surface area (Å²) in [7, 11) is 1.45. The van der Waals surface area contributed by atoms with Gasteiger partial charge in [-0.2, -0.15) is 0 Å². The molecule has 1 saturated heterocycles. The van der Waals surface area contributed by atoms with E-state index in [1.54, 1.807) is 18.2 Å². The van der Waals surface area contributed by atoms with Crippen molar-refractivity contribution in [2.75, 3.05) is 23.9 Å². The SMILES string of the molecule is COc1ccc(Cl)cc1NC(=O)COC(=O)c1cccc(N2C(=O)CCC2=O)c1. The fourth-order valence-electron chi connectivity index (χ4n) is 2.82. The third kappa shape index (κ3) is 4.72. The third-order valence-corrected chi connectivity index (χ3v) is 4.40. The lowest BCUT2D eigenvalue weighted by atomic mass is 10.2. The topological polar surface area (TPSA) is 102 Å². The van der Waals surface area contributed by atoms with Crippen LogP contribution in [-0.2, 0) is 19.1 Å². The molecule has 1 aliphatic heterocycles. The van der Waals surface area contributed by atoms with Crippen LogP contribution in [-0.4, -0.2) is 37.4 Å². The van der Waals surface area contributed by atoms with Crippen LogP contribution in [0.1, 0.15) is 23.2 Å². The number of hydrogen-bond acceptors (Lipinski definition) is 6. The zero-order valence-corrected chi connectivity index (χ0v) is 16.2. The molecule has 1 N–H and O–H groups in total. The molecule has 1 aliphatic rings. The lowest BCUT2D eigenvalue weighted by Gasteiger charge is -2.14. The monoisotopic (exact) mass is 416 g/mol. The van der Waals surface area contributed by atoms with Gasteiger partial charge in [0.05, 0.1) is 24.0 Å². The minimum Gasteiger partial charge on any atom is -0.495 e. The van der Waals surface area contributed by atoms with E-state index in [4.69, 9.17) is 21.1 Å². The number of amides is 3. The number of nitrogens with one attached hydrogen (secondary N) is 1. The van der Waals surface area contributed by atoms with E-state index in [-0.39, 0.29) is 30.2 Å². The Hall–Kier alpha value is -3.39. The number of carbonyl (C=O) groups excluding carboxylic acids is 4. The van der Waals surface area contributed by atoms with E-state index in [0.29, 0.717) is 22.1 Å². The van der Waals surface area contributed by atoms with E-state index in [1.165, 1.54) is 31.4 Å². The molecule has 2 aromatic carbocycles. The number of anilines is 2. The summed E-state index contributed by atoms with van der Waals surface area (Å²) in [6.07, 6.45) is 0.279. The Balaban J connectivity index is 1.63. The Kier molecular flexibility index (Phi) is 6.13. The van der Waals surface area contributed by atoms with Gasteiger partial charge in [0.15, 0.2) is 6.61 Å². The largest absolute Gasteiger partial charge is 0.495 e. The second-order valence-electron chi connectivity index (χ2n) is 6.14. The minimum atomic E-state index is -0.765. The lowest BCUT2D eigenvalue weighted by molar-refractivity contribution is -0.121. The predicted octanol–water partition coefficient (Wildman–Crippen LogP) is 2.80. The van der Waals surface area contributed by atoms with Gasteiger partial charge in [-0.3, -0.25) is 19.3 Å². The quantitative estimate of drug-likeness (QED) is 0.574. The van der Waals surface area contributed by atoms with Gasteiger partial charge >= 0.3 is 5.97 Å². The maximum absolute atomic E-state index is 12.3. The molecule has 0 saturated carbocycles. The van der Waals surface area contributed by atoms with Crippen LogP contribution < -0.4 is 15.0 Å². The second kappa shape index (κ2) is 8.74. The van der Waals surface area contributed by atoms with Crippen molar-refractivity contribution in [3.8, 4) is 5.75 Å². The molecule has 0 radical (unpaired) electrons. The van der Waals surface area contributed by atoms with Gasteiger partial charge in [-0.05, 0) is 36.4 Å². The molecule has 0 unspecified atom stereocenters. The molecule has 3 amide bonds. The zero-order chi connectivity index (χ0) is 21.0. The first-order valence-corrected chi connectivity index (χ1v) is 9.03. The number of rotatable bonds is 6. The molecule has 0 bridgehead atoms. The number of hydrogen-bond donors (Lipinski definition) is 1. The zero-order valence-electron chi connectivity index (χ0n) is 15.4. The van der Waals surface area contributed by atoms with Crippen molar-refractivity contribution >= 4 is 46.7 Å². The summed E-state index contributed by atoms with van der Waals surface area (Å²) in [5.41, 5.74) is 0.748. The number of benzene rings is 2. The molecule has 3 rings (SSSR count). The van der Waals surface area contributed by atoms with Crippen LogP contribution in [0, 0.1) is 0 Å². The van der Waals surface area contributed by atoms with Gasteiger partial charge < -0.3 is 14.8 Å². The van der Waals surface area contributed by atoms with Crippen molar-refractivity contribution in [2.24, 2.45) is 0 Å². The van der Waals surface area contributed by atoms with Gasteiger partial charge in [-0.15, -0.1) is 0 Å². The Morgan fingerprint density at radius 3 is 2.52 bits per heavy atom. The predicted molar refractivity (Wildman–Crippen MR) is 105 cm³/mol. The number of ether oxygens (including phenoxy) is 2. The van der Waals surface area contributed by atoms with Crippen LogP contribution in [0.25, 0.3) is 0 Å². The third-order valence-electron chi connectivity index (χ3n) is 4.16. The summed E-state index contributed by atoms with van der Waals surface area (Å²) in [6, 6.07) is 10.6. The van der Waals surface area contributed by atoms with Crippen molar-refractivity contribution in [3.05, 3.63) is 53.1 Å². The molecule has 9 heteroatoms. The highest BCUT2D eigenvalue weighted by atomic mass is 35.5.